The fraction of sp³-hybridized carbons (Fsp3) is 0.533. The van der Waals surface area contributed by atoms with E-state index < -0.39 is 106 Å². The Labute approximate surface area is 804 Å². The Hall–Kier alpha value is -12.8. The number of fused-ring (bicyclic) bond motifs is 5. The van der Waals surface area contributed by atoms with Gasteiger partial charge in [0.05, 0.1) is 90.9 Å². The molecule has 2 heterocycles. The van der Waals surface area contributed by atoms with Gasteiger partial charge in [0.25, 0.3) is 0 Å². The van der Waals surface area contributed by atoms with Gasteiger partial charge in [-0.05, 0) is 266 Å². The maximum Gasteiger partial charge on any atom is 0.408 e. The van der Waals surface area contributed by atoms with Crippen LogP contribution >= 0.6 is 0 Å². The van der Waals surface area contributed by atoms with E-state index in [1.165, 1.54) is 45.3 Å². The average molecular weight is 1890 g/mol. The molecule has 0 unspecified atom stereocenters. The van der Waals surface area contributed by atoms with Crippen molar-refractivity contribution in [3.05, 3.63) is 203 Å². The van der Waals surface area contributed by atoms with Gasteiger partial charge in [-0.2, -0.15) is 0 Å². The van der Waals surface area contributed by atoms with E-state index in [1.54, 1.807) is 176 Å². The fourth-order valence-corrected chi connectivity index (χ4v) is 20.7. The Morgan fingerprint density at radius 3 is 1.52 bits per heavy atom. The molecule has 6 amide bonds. The maximum atomic E-state index is 15.3. The van der Waals surface area contributed by atoms with Crippen LogP contribution in [0.25, 0.3) is 0 Å². The highest BCUT2D eigenvalue weighted by Crippen LogP contribution is 2.69. The number of esters is 3. The number of nitrogens with one attached hydrogen (secondary N) is 4. The van der Waals surface area contributed by atoms with Gasteiger partial charge in [0.15, 0.2) is 0 Å². The lowest BCUT2D eigenvalue weighted by Crippen LogP contribution is -2.62. The first-order chi connectivity index (χ1) is 65.0. The van der Waals surface area contributed by atoms with Crippen molar-refractivity contribution in [1.29, 1.82) is 0 Å². The molecule has 32 nitrogen and oxygen atoms in total. The molecule has 137 heavy (non-hydrogen) atoms. The summed E-state index contributed by atoms with van der Waals surface area (Å²) in [4.78, 5) is 131. The fourth-order valence-electron chi connectivity index (χ4n) is 20.7. The molecule has 32 heteroatoms. The molecular formula is C105H138N12O20. The summed E-state index contributed by atoms with van der Waals surface area (Å²) in [5, 5.41) is 29.1. The largest absolute Gasteiger partial charge is 0.497 e. The highest BCUT2D eigenvalue weighted by atomic mass is 16.6. The van der Waals surface area contributed by atoms with Gasteiger partial charge in [0.1, 0.15) is 100.0 Å². The van der Waals surface area contributed by atoms with Gasteiger partial charge < -0.3 is 83.2 Å². The van der Waals surface area contributed by atoms with Crippen molar-refractivity contribution in [3.8, 4) is 34.5 Å². The molecule has 4 fully saturated rings. The summed E-state index contributed by atoms with van der Waals surface area (Å²) >= 11 is 0. The van der Waals surface area contributed by atoms with Crippen LogP contribution in [0.5, 0.6) is 34.5 Å². The number of hydrogen-bond acceptors (Lipinski definition) is 24. The van der Waals surface area contributed by atoms with Crippen molar-refractivity contribution in [2.75, 3.05) is 35.5 Å². The molecule has 8 aromatic rings. The summed E-state index contributed by atoms with van der Waals surface area (Å²) in [6, 6.07) is 39.2. The quantitative estimate of drug-likeness (QED) is 0.0205. The van der Waals surface area contributed by atoms with Gasteiger partial charge in [-0.1, -0.05) is 91.9 Å². The number of carbonyl (C=O) groups excluding carboxylic acids is 9. The molecule has 0 saturated heterocycles. The second-order valence-electron chi connectivity index (χ2n) is 40.5. The van der Waals surface area contributed by atoms with Crippen LogP contribution in [0.1, 0.15) is 222 Å². The molecule has 0 radical (unpaired) electrons. The smallest absolute Gasteiger partial charge is 0.408 e. The first-order valence-electron chi connectivity index (χ1n) is 47.5. The minimum atomic E-state index is -1.55. The van der Waals surface area contributed by atoms with E-state index in [0.29, 0.717) is 106 Å². The summed E-state index contributed by atoms with van der Waals surface area (Å²) < 4.78 is 68.0. The molecule has 4 aliphatic carbocycles. The lowest BCUT2D eigenvalue weighted by atomic mass is 9.43. The topological polar surface area (TPSA) is 371 Å². The number of carbonyl (C=O) groups is 9. The molecule has 0 aliphatic heterocycles. The van der Waals surface area contributed by atoms with Crippen LogP contribution in [0.4, 0.5) is 9.59 Å². The monoisotopic (exact) mass is 1890 g/mol. The molecule has 4 N–H and O–H groups in total. The number of aromatic nitrogens is 6. The first kappa shape index (κ1) is 103. The summed E-state index contributed by atoms with van der Waals surface area (Å²) in [5.41, 5.74) is -0.765. The summed E-state index contributed by atoms with van der Waals surface area (Å²) in [6.45, 7) is 27.9. The zero-order valence-electron chi connectivity index (χ0n) is 82.9. The second-order valence-corrected chi connectivity index (χ2v) is 40.5. The van der Waals surface area contributed by atoms with E-state index in [-0.39, 0.29) is 99.3 Å². The molecule has 0 bridgehead atoms. The number of benzene rings is 6. The third kappa shape index (κ3) is 25.7. The average Bonchev–Trinajstić information content (AvgIpc) is 1.04. The highest BCUT2D eigenvalue weighted by molar-refractivity contribution is 5.96. The summed E-state index contributed by atoms with van der Waals surface area (Å²) in [7, 11) is 7.51. The van der Waals surface area contributed by atoms with E-state index in [0.717, 1.165) is 43.2 Å². The molecule has 12 rings (SSSR count). The van der Waals surface area contributed by atoms with Crippen molar-refractivity contribution in [3.63, 3.8) is 0 Å². The molecule has 4 aliphatic rings. The van der Waals surface area contributed by atoms with Crippen LogP contribution in [0.3, 0.4) is 0 Å². The van der Waals surface area contributed by atoms with Crippen LogP contribution in [0.2, 0.25) is 0 Å². The van der Waals surface area contributed by atoms with Gasteiger partial charge in [0.2, 0.25) is 23.6 Å². The third-order valence-electron chi connectivity index (χ3n) is 28.1. The van der Waals surface area contributed by atoms with Gasteiger partial charge >= 0.3 is 30.1 Å². The lowest BCUT2D eigenvalue weighted by Gasteiger charge is -2.62. The molecule has 2 aromatic heterocycles. The van der Waals surface area contributed by atoms with Crippen molar-refractivity contribution < 1.29 is 95.3 Å². The minimum Gasteiger partial charge on any atom is -0.497 e. The van der Waals surface area contributed by atoms with Crippen molar-refractivity contribution in [1.82, 2.24) is 61.1 Å². The maximum absolute atomic E-state index is 15.3. The van der Waals surface area contributed by atoms with Gasteiger partial charge in [-0.15, -0.1) is 10.2 Å². The zero-order valence-corrected chi connectivity index (χ0v) is 82.9. The number of hydrogen-bond donors (Lipinski definition) is 4. The Morgan fingerprint density at radius 2 is 1.02 bits per heavy atom. The lowest BCUT2D eigenvalue weighted by molar-refractivity contribution is -0.176. The van der Waals surface area contributed by atoms with Crippen LogP contribution < -0.4 is 49.7 Å². The van der Waals surface area contributed by atoms with Crippen LogP contribution in [-0.2, 0) is 99.9 Å². The minimum absolute atomic E-state index is 0.0301. The Morgan fingerprint density at radius 1 is 0.526 bits per heavy atom. The second kappa shape index (κ2) is 44.6. The number of rotatable bonds is 40. The summed E-state index contributed by atoms with van der Waals surface area (Å²) in [5.74, 6) is 1.13. The van der Waals surface area contributed by atoms with E-state index >= 15 is 9.59 Å². The van der Waals surface area contributed by atoms with Gasteiger partial charge in [0, 0.05) is 60.0 Å². The summed E-state index contributed by atoms with van der Waals surface area (Å²) in [6.07, 6.45) is 8.88. The molecular weight excluding hydrogens is 1750 g/mol. The number of ether oxygens (including phenoxy) is 11. The molecule has 6 aromatic carbocycles. The number of alkyl carbamates (subject to hydrolysis) is 2. The zero-order chi connectivity index (χ0) is 99.1. The van der Waals surface area contributed by atoms with Gasteiger partial charge in [-0.25, -0.2) is 23.9 Å². The SMILES string of the molecule is COC(=O)CC[C@@H](C)[C@H]1CC[C@H]2[C@@H]3CC[C@@H]4C[C@H](OC(=O)c5ccc(OCc6cn(C[C@H](C)NC(=O)C(C)(C)N(Cc7ccc(OC)cc7OC)C(=O)[C@H](Cc7ccccc7)NC(=O)OC(C)(C)C)nn6)cc5)CC[C@]4(C)[C@H]3C[C@H](OC(=O)c3ccc(OCc4cnnn4C[C@H](C)NC(=O)C(C)(C)N(Cc4ccc(OC)cc4OC)C(=O)[C@H](Cc4ccccc4)NC(=O)OC(C)(C)C)cc3)[C@]12C. The van der Waals surface area contributed by atoms with E-state index in [2.05, 4.69) is 62.7 Å². The number of nitrogens with zero attached hydrogens (tertiary/aromatic N) is 8. The van der Waals surface area contributed by atoms with Crippen molar-refractivity contribution in [2.45, 2.75) is 279 Å². The highest BCUT2D eigenvalue weighted by Gasteiger charge is 2.65. The van der Waals surface area contributed by atoms with Crippen LogP contribution in [-0.4, -0.2) is 188 Å². The van der Waals surface area contributed by atoms with Gasteiger partial charge in [-0.3, -0.25) is 28.7 Å². The van der Waals surface area contributed by atoms with E-state index in [4.69, 9.17) is 52.1 Å². The Kier molecular flexibility index (Phi) is 33.6. The van der Waals surface area contributed by atoms with Crippen molar-refractivity contribution >= 4 is 53.7 Å². The van der Waals surface area contributed by atoms with Crippen molar-refractivity contribution in [2.24, 2.45) is 46.3 Å². The van der Waals surface area contributed by atoms with E-state index in [1.807, 2.05) is 74.5 Å². The first-order valence-corrected chi connectivity index (χ1v) is 47.5. The van der Waals surface area contributed by atoms with E-state index in [9.17, 15) is 33.6 Å². The molecule has 14 atom stereocenters. The normalized spacial score (nSPS) is 20.7. The Balaban J connectivity index is 0.651. The number of amides is 6. The molecule has 0 spiro atoms. The molecule has 738 valence electrons. The molecule has 4 saturated carbocycles. The number of methoxy groups -OCH3 is 5. The standard InChI is InChI=1S/C105H138N12O20/c1-65(31-48-91(118)131-20)83-46-47-84-82-45-38-74-53-81(134-94(121)70-32-39-77(40-33-70)132-63-75-62-114(113-111-75)58-66(2)107-96(123)102(10,11)115(60-72-36-43-79(127-16)54-88(72)129-18)92(119)86(51-68-27-23-21-24-28-68)109-98(125)136-100(4,5)6)49-50-104(74,14)85(82)56-90(105(83,84)15)135-95(122)71-34-41-78(42-35-71)133-64-76-57-106-112-117(76)59-67(3)108-97(124)103(12,13)116(61-73-37-44-80(128-17)55-89(73)130-19)93(120)87(52-69-29-25-22-26-30-69)110-99(126)137-101(7,8)9/h21-30,32-37,39-44,54-55,57,62,65-67,74,81-87,90H,31,38,45-53,56,58-61,63-64H2,1-20H3,(H,107,123)(H,108,124)(H,109,125)(H,110,126)/t65-,66+,67+,74-,81-,82+,83-,84+,85+,86+,87+,90+,104+,105-/m1/s1. The third-order valence-corrected chi connectivity index (χ3v) is 28.1. The van der Waals surface area contributed by atoms with Crippen LogP contribution in [0.15, 0.2) is 158 Å². The predicted molar refractivity (Wildman–Crippen MR) is 511 cm³/mol. The van der Waals surface area contributed by atoms with Crippen LogP contribution in [0, 0.1) is 46.3 Å². The predicted octanol–water partition coefficient (Wildman–Crippen LogP) is 15.6. The Bertz CT molecular complexity index is 5480.